The van der Waals surface area contributed by atoms with Crippen molar-refractivity contribution >= 4 is 17.8 Å². The van der Waals surface area contributed by atoms with Crippen molar-refractivity contribution in [3.8, 4) is 0 Å². The van der Waals surface area contributed by atoms with Crippen LogP contribution < -0.4 is 5.32 Å². The summed E-state index contributed by atoms with van der Waals surface area (Å²) in [5.41, 5.74) is 1.04. The van der Waals surface area contributed by atoms with E-state index in [0.717, 1.165) is 5.56 Å². The molecule has 0 saturated heterocycles. The number of rotatable bonds is 8. The molecule has 6 nitrogen and oxygen atoms in total. The molecule has 0 radical (unpaired) electrons. The summed E-state index contributed by atoms with van der Waals surface area (Å²) in [6.07, 6.45) is 1.03. The van der Waals surface area contributed by atoms with E-state index < -0.39 is 18.0 Å². The van der Waals surface area contributed by atoms with Gasteiger partial charge in [0.05, 0.1) is 14.2 Å². The van der Waals surface area contributed by atoms with Crippen molar-refractivity contribution in [3.63, 3.8) is 0 Å². The van der Waals surface area contributed by atoms with Gasteiger partial charge in [-0.1, -0.05) is 30.3 Å². The number of benzene rings is 1. The molecule has 0 aliphatic heterocycles. The van der Waals surface area contributed by atoms with Gasteiger partial charge in [0, 0.05) is 12.8 Å². The molecule has 6 heteroatoms. The fourth-order valence-corrected chi connectivity index (χ4v) is 1.92. The van der Waals surface area contributed by atoms with E-state index in [1.54, 1.807) is 0 Å². The maximum Gasteiger partial charge on any atom is 0.328 e. The van der Waals surface area contributed by atoms with Gasteiger partial charge >= 0.3 is 11.9 Å². The first-order chi connectivity index (χ1) is 10.6. The van der Waals surface area contributed by atoms with Crippen LogP contribution in [0.2, 0.25) is 0 Å². The van der Waals surface area contributed by atoms with Crippen LogP contribution in [0, 0.1) is 0 Å². The summed E-state index contributed by atoms with van der Waals surface area (Å²) in [4.78, 5) is 34.7. The lowest BCUT2D eigenvalue weighted by atomic mass is 10.1. The largest absolute Gasteiger partial charge is 0.469 e. The summed E-state index contributed by atoms with van der Waals surface area (Å²) in [7, 11) is 2.51. The molecule has 0 fully saturated rings. The first-order valence-corrected chi connectivity index (χ1v) is 7.04. The van der Waals surface area contributed by atoms with Gasteiger partial charge in [-0.2, -0.15) is 0 Å². The average Bonchev–Trinajstić information content (AvgIpc) is 2.56. The van der Waals surface area contributed by atoms with E-state index in [0.29, 0.717) is 6.42 Å². The number of hydrogen-bond donors (Lipinski definition) is 1. The van der Waals surface area contributed by atoms with Crippen LogP contribution >= 0.6 is 0 Å². The molecule has 0 aliphatic rings. The molecular weight excluding hydrogens is 286 g/mol. The normalized spacial score (nSPS) is 11.4. The lowest BCUT2D eigenvalue weighted by molar-refractivity contribution is -0.146. The molecule has 1 aromatic rings. The van der Waals surface area contributed by atoms with Gasteiger partial charge in [-0.05, 0) is 18.4 Å². The first-order valence-electron chi connectivity index (χ1n) is 7.04. The molecule has 1 amide bonds. The van der Waals surface area contributed by atoms with Gasteiger partial charge in [-0.15, -0.1) is 0 Å². The molecule has 1 N–H and O–H groups in total. The molecule has 0 aliphatic carbocycles. The maximum atomic E-state index is 11.9. The molecule has 0 heterocycles. The Morgan fingerprint density at radius 1 is 1.05 bits per heavy atom. The predicted molar refractivity (Wildman–Crippen MR) is 80.0 cm³/mol. The van der Waals surface area contributed by atoms with Crippen LogP contribution in [0.3, 0.4) is 0 Å². The van der Waals surface area contributed by atoms with Crippen molar-refractivity contribution in [1.29, 1.82) is 0 Å². The monoisotopic (exact) mass is 307 g/mol. The van der Waals surface area contributed by atoms with Gasteiger partial charge in [0.15, 0.2) is 0 Å². The number of carbonyl (C=O) groups excluding carboxylic acids is 3. The zero-order valence-corrected chi connectivity index (χ0v) is 12.8. The fourth-order valence-electron chi connectivity index (χ4n) is 1.92. The van der Waals surface area contributed by atoms with Gasteiger partial charge in [0.1, 0.15) is 6.04 Å². The minimum Gasteiger partial charge on any atom is -0.469 e. The van der Waals surface area contributed by atoms with Crippen LogP contribution in [0.4, 0.5) is 0 Å². The molecule has 1 rings (SSSR count). The zero-order valence-electron chi connectivity index (χ0n) is 12.8. The Balaban J connectivity index is 2.48. The zero-order chi connectivity index (χ0) is 16.4. The van der Waals surface area contributed by atoms with Crippen molar-refractivity contribution in [1.82, 2.24) is 5.32 Å². The van der Waals surface area contributed by atoms with Crippen LogP contribution in [0.25, 0.3) is 0 Å². The van der Waals surface area contributed by atoms with E-state index in [4.69, 9.17) is 0 Å². The Morgan fingerprint density at radius 2 is 1.73 bits per heavy atom. The number of methoxy groups -OCH3 is 2. The summed E-state index contributed by atoms with van der Waals surface area (Å²) in [6, 6.07) is 8.74. The number of carbonyl (C=O) groups is 3. The molecule has 22 heavy (non-hydrogen) atoms. The van der Waals surface area contributed by atoms with Gasteiger partial charge in [0.2, 0.25) is 5.91 Å². The first kappa shape index (κ1) is 17.7. The van der Waals surface area contributed by atoms with E-state index in [1.165, 1.54) is 14.2 Å². The van der Waals surface area contributed by atoms with E-state index in [2.05, 4.69) is 14.8 Å². The second kappa shape index (κ2) is 9.55. The van der Waals surface area contributed by atoms with Crippen molar-refractivity contribution < 1.29 is 23.9 Å². The molecule has 0 unspecified atom stereocenters. The van der Waals surface area contributed by atoms with Gasteiger partial charge in [-0.3, -0.25) is 9.59 Å². The Bertz CT molecular complexity index is 501. The third-order valence-electron chi connectivity index (χ3n) is 3.17. The third-order valence-corrected chi connectivity index (χ3v) is 3.17. The van der Waals surface area contributed by atoms with Gasteiger partial charge in [-0.25, -0.2) is 4.79 Å². The number of amides is 1. The van der Waals surface area contributed by atoms with Crippen molar-refractivity contribution in [2.24, 2.45) is 0 Å². The van der Waals surface area contributed by atoms with Crippen molar-refractivity contribution in [3.05, 3.63) is 35.9 Å². The maximum absolute atomic E-state index is 11.9. The molecule has 1 aromatic carbocycles. The Morgan fingerprint density at radius 3 is 2.32 bits per heavy atom. The number of ether oxygens (including phenoxy) is 2. The van der Waals surface area contributed by atoms with E-state index in [9.17, 15) is 14.4 Å². The van der Waals surface area contributed by atoms with Gasteiger partial charge < -0.3 is 14.8 Å². The smallest absolute Gasteiger partial charge is 0.328 e. The number of hydrogen-bond acceptors (Lipinski definition) is 5. The number of nitrogens with one attached hydrogen (secondary N) is 1. The molecule has 0 saturated carbocycles. The minimum atomic E-state index is -0.840. The molecule has 0 bridgehead atoms. The predicted octanol–water partition coefficient (Wildman–Crippen LogP) is 1.23. The van der Waals surface area contributed by atoms with Crippen molar-refractivity contribution in [2.45, 2.75) is 31.7 Å². The minimum absolute atomic E-state index is 0.0369. The molecule has 0 spiro atoms. The molecule has 120 valence electrons. The number of aryl methyl sites for hydroxylation is 1. The Kier molecular flexibility index (Phi) is 7.67. The third kappa shape index (κ3) is 6.39. The quantitative estimate of drug-likeness (QED) is 0.731. The van der Waals surface area contributed by atoms with Crippen LogP contribution in [0.1, 0.15) is 24.8 Å². The van der Waals surface area contributed by atoms with Crippen LogP contribution in [0.15, 0.2) is 30.3 Å². The van der Waals surface area contributed by atoms with E-state index in [1.807, 2.05) is 30.3 Å². The molecule has 0 aromatic heterocycles. The number of esters is 2. The molecule has 1 atom stereocenters. The second-order valence-electron chi connectivity index (χ2n) is 4.74. The Labute approximate surface area is 129 Å². The van der Waals surface area contributed by atoms with Crippen LogP contribution in [0.5, 0.6) is 0 Å². The summed E-state index contributed by atoms with van der Waals surface area (Å²) in [6.45, 7) is 0. The topological polar surface area (TPSA) is 81.7 Å². The highest BCUT2D eigenvalue weighted by Crippen LogP contribution is 2.05. The average molecular weight is 307 g/mol. The summed E-state index contributed by atoms with van der Waals surface area (Å²) < 4.78 is 9.16. The van der Waals surface area contributed by atoms with Crippen LogP contribution in [-0.4, -0.2) is 38.1 Å². The highest BCUT2D eigenvalue weighted by molar-refractivity contribution is 5.85. The lowest BCUT2D eigenvalue weighted by Crippen LogP contribution is -2.42. The summed E-state index contributed by atoms with van der Waals surface area (Å²) in [5.74, 6) is -1.27. The second-order valence-corrected chi connectivity index (χ2v) is 4.74. The van der Waals surface area contributed by atoms with Crippen LogP contribution in [-0.2, 0) is 30.3 Å². The van der Waals surface area contributed by atoms with Gasteiger partial charge in [0.25, 0.3) is 0 Å². The van der Waals surface area contributed by atoms with Crippen molar-refractivity contribution in [2.75, 3.05) is 14.2 Å². The lowest BCUT2D eigenvalue weighted by Gasteiger charge is -2.16. The SMILES string of the molecule is COC(=O)CC[C@@H](NC(=O)CCc1ccccc1)C(=O)OC. The highest BCUT2D eigenvalue weighted by atomic mass is 16.5. The van der Waals surface area contributed by atoms with E-state index >= 15 is 0 Å². The summed E-state index contributed by atoms with van der Waals surface area (Å²) >= 11 is 0. The van der Waals surface area contributed by atoms with E-state index in [-0.39, 0.29) is 25.2 Å². The molecular formula is C16H21NO5. The fraction of sp³-hybridized carbons (Fsp3) is 0.438. The highest BCUT2D eigenvalue weighted by Gasteiger charge is 2.22. The summed E-state index contributed by atoms with van der Waals surface area (Å²) in [5, 5.41) is 2.60. The Hall–Kier alpha value is -2.37. The standard InChI is InChI=1S/C16H21NO5/c1-21-15(19)11-9-13(16(20)22-2)17-14(18)10-8-12-6-4-3-5-7-12/h3-7,13H,8-11H2,1-2H3,(H,17,18)/t13-/m1/s1.